The molecule has 90 valence electrons. The van der Waals surface area contributed by atoms with Crippen molar-refractivity contribution < 1.29 is 0 Å². The number of hydrogen-bond acceptors (Lipinski definition) is 3. The van der Waals surface area contributed by atoms with E-state index in [4.69, 9.17) is 0 Å². The molecule has 3 heteroatoms. The van der Waals surface area contributed by atoms with Gasteiger partial charge in [0.1, 0.15) is 11.6 Å². The fourth-order valence-corrected chi connectivity index (χ4v) is 1.37. The molecule has 0 aliphatic rings. The van der Waals surface area contributed by atoms with Gasteiger partial charge in [-0.15, -0.1) is 0 Å². The SMILES string of the molecule is CCCNc1cccc(NCCC(C)C)n1. The lowest BCUT2D eigenvalue weighted by atomic mass is 10.1. The highest BCUT2D eigenvalue weighted by Crippen LogP contribution is 2.09. The Balaban J connectivity index is 2.40. The summed E-state index contributed by atoms with van der Waals surface area (Å²) in [6, 6.07) is 6.05. The Morgan fingerprint density at radius 2 is 1.75 bits per heavy atom. The Bertz CT molecular complexity index is 297. The number of nitrogens with one attached hydrogen (secondary N) is 2. The van der Waals surface area contributed by atoms with Crippen LogP contribution in [0.25, 0.3) is 0 Å². The van der Waals surface area contributed by atoms with Gasteiger partial charge in [0.2, 0.25) is 0 Å². The van der Waals surface area contributed by atoms with Gasteiger partial charge >= 0.3 is 0 Å². The third kappa shape index (κ3) is 5.01. The highest BCUT2D eigenvalue weighted by Gasteiger charge is 1.97. The molecule has 0 amide bonds. The van der Waals surface area contributed by atoms with Crippen molar-refractivity contribution in [2.75, 3.05) is 23.7 Å². The van der Waals surface area contributed by atoms with Crippen LogP contribution in [0.1, 0.15) is 33.6 Å². The van der Waals surface area contributed by atoms with Crippen LogP contribution in [0.2, 0.25) is 0 Å². The van der Waals surface area contributed by atoms with Crippen molar-refractivity contribution in [3.05, 3.63) is 18.2 Å². The molecular weight excluding hydrogens is 198 g/mol. The monoisotopic (exact) mass is 221 g/mol. The van der Waals surface area contributed by atoms with Gasteiger partial charge in [-0.3, -0.25) is 0 Å². The summed E-state index contributed by atoms with van der Waals surface area (Å²) in [5.41, 5.74) is 0. The summed E-state index contributed by atoms with van der Waals surface area (Å²) in [6.45, 7) is 8.57. The van der Waals surface area contributed by atoms with Crippen molar-refractivity contribution >= 4 is 11.6 Å². The molecule has 0 unspecified atom stereocenters. The molecule has 1 rings (SSSR count). The van der Waals surface area contributed by atoms with Gasteiger partial charge in [-0.25, -0.2) is 4.98 Å². The number of hydrogen-bond donors (Lipinski definition) is 2. The number of nitrogens with zero attached hydrogens (tertiary/aromatic N) is 1. The zero-order valence-electron chi connectivity index (χ0n) is 10.6. The lowest BCUT2D eigenvalue weighted by Crippen LogP contribution is -2.08. The topological polar surface area (TPSA) is 37.0 Å². The molecule has 2 N–H and O–H groups in total. The summed E-state index contributed by atoms with van der Waals surface area (Å²) in [5, 5.41) is 6.62. The molecule has 0 fully saturated rings. The van der Waals surface area contributed by atoms with E-state index in [1.165, 1.54) is 6.42 Å². The van der Waals surface area contributed by atoms with Crippen LogP contribution in [0.3, 0.4) is 0 Å². The van der Waals surface area contributed by atoms with Crippen molar-refractivity contribution in [1.82, 2.24) is 4.98 Å². The highest BCUT2D eigenvalue weighted by atomic mass is 15.1. The summed E-state index contributed by atoms with van der Waals surface area (Å²) >= 11 is 0. The first kappa shape index (κ1) is 12.8. The smallest absolute Gasteiger partial charge is 0.128 e. The molecule has 0 aliphatic heterocycles. The van der Waals surface area contributed by atoms with Crippen LogP contribution in [-0.2, 0) is 0 Å². The van der Waals surface area contributed by atoms with Crippen molar-refractivity contribution in [3.8, 4) is 0 Å². The van der Waals surface area contributed by atoms with E-state index in [9.17, 15) is 0 Å². The minimum absolute atomic E-state index is 0.730. The normalized spacial score (nSPS) is 10.5. The molecule has 1 aromatic heterocycles. The summed E-state index contributed by atoms with van der Waals surface area (Å²) in [4.78, 5) is 4.48. The molecule has 0 aliphatic carbocycles. The Hall–Kier alpha value is -1.25. The molecule has 1 aromatic rings. The van der Waals surface area contributed by atoms with Crippen LogP contribution in [0, 0.1) is 5.92 Å². The molecule has 3 nitrogen and oxygen atoms in total. The molecule has 0 aromatic carbocycles. The summed E-state index contributed by atoms with van der Waals surface area (Å²) < 4.78 is 0. The van der Waals surface area contributed by atoms with E-state index < -0.39 is 0 Å². The van der Waals surface area contributed by atoms with Crippen LogP contribution in [-0.4, -0.2) is 18.1 Å². The second-order valence-electron chi connectivity index (χ2n) is 4.44. The van der Waals surface area contributed by atoms with Crippen molar-refractivity contribution in [2.45, 2.75) is 33.6 Å². The van der Waals surface area contributed by atoms with Gasteiger partial charge in [-0.05, 0) is 30.9 Å². The summed E-state index contributed by atoms with van der Waals surface area (Å²) in [5.74, 6) is 2.65. The van der Waals surface area contributed by atoms with Crippen LogP contribution in [0.5, 0.6) is 0 Å². The Labute approximate surface area is 98.7 Å². The average molecular weight is 221 g/mol. The lowest BCUT2D eigenvalue weighted by Gasteiger charge is -2.09. The third-order valence-electron chi connectivity index (χ3n) is 2.33. The predicted molar refractivity (Wildman–Crippen MR) is 71.0 cm³/mol. The van der Waals surface area contributed by atoms with Gasteiger partial charge in [0.15, 0.2) is 0 Å². The van der Waals surface area contributed by atoms with E-state index >= 15 is 0 Å². The average Bonchev–Trinajstić information content (AvgIpc) is 2.26. The number of rotatable bonds is 7. The van der Waals surface area contributed by atoms with Gasteiger partial charge in [0.25, 0.3) is 0 Å². The Kier molecular flexibility index (Phi) is 5.68. The highest BCUT2D eigenvalue weighted by molar-refractivity contribution is 5.44. The van der Waals surface area contributed by atoms with Crippen LogP contribution in [0.4, 0.5) is 11.6 Å². The molecule has 0 saturated heterocycles. The fraction of sp³-hybridized carbons (Fsp3) is 0.615. The second-order valence-corrected chi connectivity index (χ2v) is 4.44. The van der Waals surface area contributed by atoms with E-state index in [0.717, 1.165) is 37.1 Å². The Morgan fingerprint density at radius 3 is 2.31 bits per heavy atom. The van der Waals surface area contributed by atoms with E-state index in [1.807, 2.05) is 18.2 Å². The number of anilines is 2. The minimum atomic E-state index is 0.730. The third-order valence-corrected chi connectivity index (χ3v) is 2.33. The van der Waals surface area contributed by atoms with Gasteiger partial charge in [0, 0.05) is 13.1 Å². The van der Waals surface area contributed by atoms with Crippen molar-refractivity contribution in [2.24, 2.45) is 5.92 Å². The van der Waals surface area contributed by atoms with E-state index in [1.54, 1.807) is 0 Å². The second kappa shape index (κ2) is 7.09. The van der Waals surface area contributed by atoms with Gasteiger partial charge in [-0.2, -0.15) is 0 Å². The zero-order valence-corrected chi connectivity index (χ0v) is 10.6. The minimum Gasteiger partial charge on any atom is -0.370 e. The van der Waals surface area contributed by atoms with E-state index in [0.29, 0.717) is 0 Å². The summed E-state index contributed by atoms with van der Waals surface area (Å²) in [6.07, 6.45) is 2.29. The molecule has 0 atom stereocenters. The molecule has 0 saturated carbocycles. The first-order valence-corrected chi connectivity index (χ1v) is 6.17. The first-order valence-electron chi connectivity index (χ1n) is 6.17. The molecule has 0 bridgehead atoms. The van der Waals surface area contributed by atoms with Crippen molar-refractivity contribution in [3.63, 3.8) is 0 Å². The molecule has 1 heterocycles. The van der Waals surface area contributed by atoms with Gasteiger partial charge in [-0.1, -0.05) is 26.8 Å². The van der Waals surface area contributed by atoms with E-state index in [2.05, 4.69) is 36.4 Å². The Morgan fingerprint density at radius 1 is 1.12 bits per heavy atom. The maximum absolute atomic E-state index is 4.48. The fourth-order valence-electron chi connectivity index (χ4n) is 1.37. The van der Waals surface area contributed by atoms with Crippen LogP contribution >= 0.6 is 0 Å². The molecule has 0 spiro atoms. The van der Waals surface area contributed by atoms with Crippen LogP contribution < -0.4 is 10.6 Å². The predicted octanol–water partition coefficient (Wildman–Crippen LogP) is 3.36. The maximum Gasteiger partial charge on any atom is 0.128 e. The van der Waals surface area contributed by atoms with Crippen molar-refractivity contribution in [1.29, 1.82) is 0 Å². The zero-order chi connectivity index (χ0) is 11.8. The molecular formula is C13H23N3. The standard InChI is InChI=1S/C13H23N3/c1-4-9-14-12-6-5-7-13(16-12)15-10-8-11(2)3/h5-7,11H,4,8-10H2,1-3H3,(H2,14,15,16). The first-order chi connectivity index (χ1) is 7.72. The number of pyridine rings is 1. The quantitative estimate of drug-likeness (QED) is 0.741. The molecule has 16 heavy (non-hydrogen) atoms. The largest absolute Gasteiger partial charge is 0.370 e. The van der Waals surface area contributed by atoms with E-state index in [-0.39, 0.29) is 0 Å². The number of aromatic nitrogens is 1. The maximum atomic E-state index is 4.48. The molecule has 0 radical (unpaired) electrons. The lowest BCUT2D eigenvalue weighted by molar-refractivity contribution is 0.606. The van der Waals surface area contributed by atoms with Crippen LogP contribution in [0.15, 0.2) is 18.2 Å². The van der Waals surface area contributed by atoms with Gasteiger partial charge < -0.3 is 10.6 Å². The summed E-state index contributed by atoms with van der Waals surface area (Å²) in [7, 11) is 0. The van der Waals surface area contributed by atoms with Gasteiger partial charge in [0.05, 0.1) is 0 Å².